The van der Waals surface area contributed by atoms with Gasteiger partial charge in [-0.15, -0.1) is 0 Å². The fourth-order valence-corrected chi connectivity index (χ4v) is 2.02. The lowest BCUT2D eigenvalue weighted by Crippen LogP contribution is -2.45. The van der Waals surface area contributed by atoms with Gasteiger partial charge in [-0.3, -0.25) is 4.79 Å². The molecule has 1 aliphatic rings. The van der Waals surface area contributed by atoms with Crippen LogP contribution in [0.1, 0.15) is 30.8 Å². The molecule has 0 radical (unpaired) electrons. The summed E-state index contributed by atoms with van der Waals surface area (Å²) in [6.07, 6.45) is 0.868. The van der Waals surface area contributed by atoms with Gasteiger partial charge in [0.05, 0.1) is 13.7 Å². The first kappa shape index (κ1) is 14.4. The van der Waals surface area contributed by atoms with Crippen LogP contribution in [0.2, 0.25) is 0 Å². The van der Waals surface area contributed by atoms with E-state index in [4.69, 9.17) is 4.74 Å². The topological polar surface area (TPSA) is 82.5 Å². The number of aromatic nitrogens is 2. The van der Waals surface area contributed by atoms with E-state index >= 15 is 0 Å². The number of fused-ring (bicyclic) bond motifs is 1. The third kappa shape index (κ3) is 2.92. The molecule has 1 aliphatic heterocycles. The zero-order valence-electron chi connectivity index (χ0n) is 11.9. The van der Waals surface area contributed by atoms with Crippen molar-refractivity contribution in [3.05, 3.63) is 11.8 Å². The maximum atomic E-state index is 12.1. The average molecular weight is 281 g/mol. The lowest BCUT2D eigenvalue weighted by molar-refractivity contribution is -0.144. The Morgan fingerprint density at radius 2 is 2.25 bits per heavy atom. The second kappa shape index (κ2) is 5.94. The number of rotatable bonds is 4. The molecule has 7 heteroatoms. The van der Waals surface area contributed by atoms with Crippen molar-refractivity contribution in [3.8, 4) is 5.88 Å². The molecular formula is C13H19N3O4. The van der Waals surface area contributed by atoms with E-state index in [2.05, 4.69) is 15.2 Å². The lowest BCUT2D eigenvalue weighted by Gasteiger charge is -2.19. The first-order chi connectivity index (χ1) is 9.52. The van der Waals surface area contributed by atoms with Gasteiger partial charge < -0.3 is 14.8 Å². The monoisotopic (exact) mass is 281 g/mol. The predicted octanol–water partition coefficient (Wildman–Crippen LogP) is 0.593. The van der Waals surface area contributed by atoms with Gasteiger partial charge in [-0.05, 0) is 5.92 Å². The van der Waals surface area contributed by atoms with Gasteiger partial charge in [-0.1, -0.05) is 13.8 Å². The van der Waals surface area contributed by atoms with Gasteiger partial charge >= 0.3 is 5.97 Å². The molecule has 0 aromatic carbocycles. The van der Waals surface area contributed by atoms with Crippen molar-refractivity contribution in [2.75, 3.05) is 13.7 Å². The number of aryl methyl sites for hydroxylation is 1. The molecule has 2 heterocycles. The smallest absolute Gasteiger partial charge is 0.328 e. The van der Waals surface area contributed by atoms with Crippen molar-refractivity contribution < 1.29 is 19.1 Å². The fourth-order valence-electron chi connectivity index (χ4n) is 2.02. The van der Waals surface area contributed by atoms with Gasteiger partial charge in [0.15, 0.2) is 5.69 Å². The zero-order chi connectivity index (χ0) is 14.7. The number of amides is 1. The van der Waals surface area contributed by atoms with E-state index in [-0.39, 0.29) is 11.6 Å². The number of methoxy groups -OCH3 is 1. The number of carbonyl (C=O) groups excluding carboxylic acids is 2. The Balaban J connectivity index is 2.10. The number of hydrogen-bond donors (Lipinski definition) is 1. The summed E-state index contributed by atoms with van der Waals surface area (Å²) in [7, 11) is 1.30. The number of hydrogen-bond acceptors (Lipinski definition) is 5. The van der Waals surface area contributed by atoms with Crippen LogP contribution in [0.25, 0.3) is 0 Å². The molecule has 2 rings (SSSR count). The highest BCUT2D eigenvalue weighted by atomic mass is 16.5. The zero-order valence-corrected chi connectivity index (χ0v) is 11.9. The molecule has 0 saturated carbocycles. The van der Waals surface area contributed by atoms with Crippen molar-refractivity contribution in [3.63, 3.8) is 0 Å². The van der Waals surface area contributed by atoms with Crippen LogP contribution in [-0.2, 0) is 16.1 Å². The molecular weight excluding hydrogens is 262 g/mol. The minimum atomic E-state index is -0.688. The number of esters is 1. The van der Waals surface area contributed by atoms with Crippen LogP contribution in [0.5, 0.6) is 5.88 Å². The van der Waals surface area contributed by atoms with Crippen LogP contribution in [0.15, 0.2) is 6.07 Å². The summed E-state index contributed by atoms with van der Waals surface area (Å²) in [5, 5.41) is 6.82. The van der Waals surface area contributed by atoms with Crippen LogP contribution in [-0.4, -0.2) is 41.4 Å². The highest BCUT2D eigenvalue weighted by molar-refractivity contribution is 5.95. The first-order valence-electron chi connectivity index (χ1n) is 6.62. The molecule has 1 atom stereocenters. The molecule has 0 bridgehead atoms. The van der Waals surface area contributed by atoms with Crippen molar-refractivity contribution in [1.29, 1.82) is 0 Å². The summed E-state index contributed by atoms with van der Waals surface area (Å²) in [5.41, 5.74) is 0.247. The van der Waals surface area contributed by atoms with Crippen LogP contribution in [0.3, 0.4) is 0 Å². The van der Waals surface area contributed by atoms with E-state index < -0.39 is 17.9 Å². The van der Waals surface area contributed by atoms with Crippen molar-refractivity contribution >= 4 is 11.9 Å². The van der Waals surface area contributed by atoms with Crippen LogP contribution >= 0.6 is 0 Å². The molecule has 20 heavy (non-hydrogen) atoms. The van der Waals surface area contributed by atoms with E-state index in [0.717, 1.165) is 13.0 Å². The summed E-state index contributed by atoms with van der Waals surface area (Å²) in [4.78, 5) is 23.8. The minimum Gasteiger partial charge on any atom is -0.478 e. The Morgan fingerprint density at radius 1 is 1.50 bits per heavy atom. The Bertz CT molecular complexity index is 486. The van der Waals surface area contributed by atoms with Crippen LogP contribution in [0, 0.1) is 5.92 Å². The molecule has 0 aliphatic carbocycles. The third-order valence-corrected chi connectivity index (χ3v) is 3.15. The van der Waals surface area contributed by atoms with E-state index in [1.54, 1.807) is 10.7 Å². The van der Waals surface area contributed by atoms with Crippen molar-refractivity contribution in [1.82, 2.24) is 15.1 Å². The Hall–Kier alpha value is -2.05. The van der Waals surface area contributed by atoms with E-state index in [0.29, 0.717) is 12.5 Å². The molecule has 0 spiro atoms. The maximum absolute atomic E-state index is 12.1. The summed E-state index contributed by atoms with van der Waals surface area (Å²) < 4.78 is 11.7. The summed E-state index contributed by atoms with van der Waals surface area (Å²) >= 11 is 0. The predicted molar refractivity (Wildman–Crippen MR) is 70.4 cm³/mol. The molecule has 0 saturated heterocycles. The van der Waals surface area contributed by atoms with Gasteiger partial charge in [0.2, 0.25) is 5.88 Å². The SMILES string of the molecule is COC(=O)C(NC(=O)c1cc2n(n1)CCCO2)C(C)C. The Kier molecular flexibility index (Phi) is 4.26. The van der Waals surface area contributed by atoms with Gasteiger partial charge in [0, 0.05) is 19.0 Å². The molecule has 0 fully saturated rings. The van der Waals surface area contributed by atoms with Gasteiger partial charge in [0.1, 0.15) is 6.04 Å². The molecule has 1 aromatic heterocycles. The van der Waals surface area contributed by atoms with E-state index in [1.807, 2.05) is 13.8 Å². The second-order valence-corrected chi connectivity index (χ2v) is 5.01. The lowest BCUT2D eigenvalue weighted by atomic mass is 10.0. The van der Waals surface area contributed by atoms with Crippen LogP contribution < -0.4 is 10.1 Å². The number of nitrogens with zero attached hydrogens (tertiary/aromatic N) is 2. The molecule has 7 nitrogen and oxygen atoms in total. The normalized spacial score (nSPS) is 15.2. The number of ether oxygens (including phenoxy) is 2. The average Bonchev–Trinajstić information content (AvgIpc) is 2.87. The Labute approximate surface area is 117 Å². The van der Waals surface area contributed by atoms with Crippen molar-refractivity contribution in [2.24, 2.45) is 5.92 Å². The molecule has 1 N–H and O–H groups in total. The molecule has 110 valence electrons. The second-order valence-electron chi connectivity index (χ2n) is 5.01. The van der Waals surface area contributed by atoms with Gasteiger partial charge in [-0.25, -0.2) is 9.48 Å². The molecule has 1 aromatic rings. The van der Waals surface area contributed by atoms with Crippen molar-refractivity contribution in [2.45, 2.75) is 32.9 Å². The summed E-state index contributed by atoms with van der Waals surface area (Å²) in [5.74, 6) is -0.353. The minimum absolute atomic E-state index is 0.0695. The first-order valence-corrected chi connectivity index (χ1v) is 6.62. The fraction of sp³-hybridized carbons (Fsp3) is 0.615. The standard InChI is InChI=1S/C13H19N3O4/c1-8(2)11(13(18)19-3)14-12(17)9-7-10-16(15-9)5-4-6-20-10/h7-8,11H,4-6H2,1-3H3,(H,14,17). The summed E-state index contributed by atoms with van der Waals surface area (Å²) in [6, 6.07) is 0.899. The summed E-state index contributed by atoms with van der Waals surface area (Å²) in [6.45, 7) is 5.03. The highest BCUT2D eigenvalue weighted by Gasteiger charge is 2.27. The van der Waals surface area contributed by atoms with Gasteiger partial charge in [0.25, 0.3) is 5.91 Å². The molecule has 1 amide bonds. The third-order valence-electron chi connectivity index (χ3n) is 3.15. The van der Waals surface area contributed by atoms with Gasteiger partial charge in [-0.2, -0.15) is 5.10 Å². The van der Waals surface area contributed by atoms with E-state index in [9.17, 15) is 9.59 Å². The quantitative estimate of drug-likeness (QED) is 0.817. The maximum Gasteiger partial charge on any atom is 0.328 e. The number of nitrogens with one attached hydrogen (secondary N) is 1. The van der Waals surface area contributed by atoms with E-state index in [1.165, 1.54) is 7.11 Å². The largest absolute Gasteiger partial charge is 0.478 e. The number of carbonyl (C=O) groups is 2. The molecule has 1 unspecified atom stereocenters. The highest BCUT2D eigenvalue weighted by Crippen LogP contribution is 2.18. The van der Waals surface area contributed by atoms with Crippen LogP contribution in [0.4, 0.5) is 0 Å². The Morgan fingerprint density at radius 3 is 2.85 bits per heavy atom.